The Kier molecular flexibility index (Phi) is 5.33. The van der Waals surface area contributed by atoms with Crippen LogP contribution in [0.4, 0.5) is 14.7 Å². The zero-order valence-corrected chi connectivity index (χ0v) is 14.0. The van der Waals surface area contributed by atoms with Crippen molar-refractivity contribution in [2.45, 2.75) is 31.7 Å². The first-order valence-corrected chi connectivity index (χ1v) is 8.31. The average Bonchev–Trinajstić information content (AvgIpc) is 2.64. The van der Waals surface area contributed by atoms with E-state index >= 15 is 0 Å². The Morgan fingerprint density at radius 1 is 1.20 bits per heavy atom. The largest absolute Gasteiger partial charge is 0.293 e. The van der Waals surface area contributed by atoms with E-state index in [9.17, 15) is 13.6 Å². The van der Waals surface area contributed by atoms with E-state index in [1.165, 1.54) is 12.1 Å². The number of amides is 1. The van der Waals surface area contributed by atoms with Crippen LogP contribution in [0.5, 0.6) is 0 Å². The minimum absolute atomic E-state index is 0.155. The van der Waals surface area contributed by atoms with Gasteiger partial charge in [0.2, 0.25) is 11.9 Å². The van der Waals surface area contributed by atoms with Crippen LogP contribution in [-0.2, 0) is 4.79 Å². The van der Waals surface area contributed by atoms with Gasteiger partial charge in [0.25, 0.3) is 0 Å². The number of nitrogens with one attached hydrogen (secondary N) is 1. The molecule has 0 unspecified atom stereocenters. The van der Waals surface area contributed by atoms with Crippen molar-refractivity contribution < 1.29 is 13.6 Å². The summed E-state index contributed by atoms with van der Waals surface area (Å²) < 4.78 is 26.5. The van der Waals surface area contributed by atoms with Gasteiger partial charge in [-0.3, -0.25) is 15.0 Å². The van der Waals surface area contributed by atoms with Gasteiger partial charge in [0.15, 0.2) is 11.6 Å². The van der Waals surface area contributed by atoms with Crippen LogP contribution in [-0.4, -0.2) is 39.9 Å². The number of hydrogen-bond acceptors (Lipinski definition) is 4. The standard InChI is InChI=1S/C18H20F2N4O/c1-12(17(25)23-18-21-7-2-8-22-18)24-9-5-13(6-10-24)14-3-4-15(19)16(20)11-14/h2-4,7-8,11-13H,5-6,9-10H2,1H3,(H,21,22,23,25)/t12-/m0/s1. The van der Waals surface area contributed by atoms with Gasteiger partial charge in [0.1, 0.15) is 0 Å². The summed E-state index contributed by atoms with van der Waals surface area (Å²) in [6, 6.07) is 5.46. The molecule has 2 heterocycles. The van der Waals surface area contributed by atoms with Gasteiger partial charge in [-0.1, -0.05) is 6.07 Å². The summed E-state index contributed by atoms with van der Waals surface area (Å²) in [4.78, 5) is 22.4. The van der Waals surface area contributed by atoms with Crippen LogP contribution < -0.4 is 5.32 Å². The summed E-state index contributed by atoms with van der Waals surface area (Å²) >= 11 is 0. The van der Waals surface area contributed by atoms with E-state index < -0.39 is 11.6 Å². The second-order valence-corrected chi connectivity index (χ2v) is 6.22. The second kappa shape index (κ2) is 7.65. The number of aromatic nitrogens is 2. The van der Waals surface area contributed by atoms with Crippen LogP contribution in [0.15, 0.2) is 36.7 Å². The Hall–Kier alpha value is -2.41. The summed E-state index contributed by atoms with van der Waals surface area (Å²) in [6.45, 7) is 3.28. The monoisotopic (exact) mass is 346 g/mol. The number of carbonyl (C=O) groups is 1. The van der Waals surface area contributed by atoms with E-state index in [-0.39, 0.29) is 23.8 Å². The number of anilines is 1. The number of piperidine rings is 1. The lowest BCUT2D eigenvalue weighted by Gasteiger charge is -2.35. The van der Waals surface area contributed by atoms with Crippen LogP contribution >= 0.6 is 0 Å². The number of carbonyl (C=O) groups excluding carboxylic acids is 1. The van der Waals surface area contributed by atoms with Gasteiger partial charge in [-0.05, 0) is 62.5 Å². The molecule has 5 nitrogen and oxygen atoms in total. The number of rotatable bonds is 4. The molecule has 7 heteroatoms. The Bertz CT molecular complexity index is 733. The van der Waals surface area contributed by atoms with Gasteiger partial charge in [-0.25, -0.2) is 18.7 Å². The number of benzene rings is 1. The molecule has 3 rings (SSSR count). The highest BCUT2D eigenvalue weighted by Crippen LogP contribution is 2.29. The fraction of sp³-hybridized carbons (Fsp3) is 0.389. The zero-order chi connectivity index (χ0) is 17.8. The zero-order valence-electron chi connectivity index (χ0n) is 14.0. The topological polar surface area (TPSA) is 58.1 Å². The highest BCUT2D eigenvalue weighted by molar-refractivity contribution is 5.93. The molecule has 1 aliphatic rings. The van der Waals surface area contributed by atoms with Crippen LogP contribution in [0.2, 0.25) is 0 Å². The predicted octanol–water partition coefficient (Wildman–Crippen LogP) is 2.96. The van der Waals surface area contributed by atoms with Gasteiger partial charge < -0.3 is 0 Å². The highest BCUT2D eigenvalue weighted by atomic mass is 19.2. The second-order valence-electron chi connectivity index (χ2n) is 6.22. The van der Waals surface area contributed by atoms with E-state index in [2.05, 4.69) is 20.2 Å². The third kappa shape index (κ3) is 4.17. The maximum absolute atomic E-state index is 13.4. The maximum Gasteiger partial charge on any atom is 0.243 e. The van der Waals surface area contributed by atoms with E-state index in [1.54, 1.807) is 24.5 Å². The summed E-state index contributed by atoms with van der Waals surface area (Å²) in [5, 5.41) is 2.70. The van der Waals surface area contributed by atoms with E-state index in [4.69, 9.17) is 0 Å². The van der Waals surface area contributed by atoms with Crippen molar-refractivity contribution in [3.8, 4) is 0 Å². The molecule has 1 aliphatic heterocycles. The van der Waals surface area contributed by atoms with E-state index in [0.717, 1.165) is 18.4 Å². The molecular weight excluding hydrogens is 326 g/mol. The third-order valence-electron chi connectivity index (χ3n) is 4.67. The van der Waals surface area contributed by atoms with E-state index in [1.807, 2.05) is 6.92 Å². The molecule has 1 amide bonds. The molecular formula is C18H20F2N4O. The van der Waals surface area contributed by atoms with Crippen LogP contribution in [0.1, 0.15) is 31.2 Å². The van der Waals surface area contributed by atoms with Crippen molar-refractivity contribution >= 4 is 11.9 Å². The normalized spacial score (nSPS) is 17.2. The van der Waals surface area contributed by atoms with Gasteiger partial charge >= 0.3 is 0 Å². The van der Waals surface area contributed by atoms with Crippen molar-refractivity contribution in [1.82, 2.24) is 14.9 Å². The Balaban J connectivity index is 1.56. The summed E-state index contributed by atoms with van der Waals surface area (Å²) in [5.74, 6) is -1.32. The molecule has 0 bridgehead atoms. The predicted molar refractivity (Wildman–Crippen MR) is 90.0 cm³/mol. The molecule has 25 heavy (non-hydrogen) atoms. The molecule has 1 atom stereocenters. The van der Waals surface area contributed by atoms with E-state index in [0.29, 0.717) is 13.1 Å². The minimum Gasteiger partial charge on any atom is -0.293 e. The number of halogens is 2. The molecule has 2 aromatic rings. The first-order chi connectivity index (χ1) is 12.0. The SMILES string of the molecule is C[C@@H](C(=O)Nc1ncccn1)N1CCC(c2ccc(F)c(F)c2)CC1. The van der Waals surface area contributed by atoms with Crippen LogP contribution in [0.3, 0.4) is 0 Å². The van der Waals surface area contributed by atoms with Crippen molar-refractivity contribution in [2.24, 2.45) is 0 Å². The summed E-state index contributed by atoms with van der Waals surface area (Å²) in [7, 11) is 0. The smallest absolute Gasteiger partial charge is 0.243 e. The van der Waals surface area contributed by atoms with Gasteiger partial charge in [-0.15, -0.1) is 0 Å². The van der Waals surface area contributed by atoms with Crippen molar-refractivity contribution in [3.63, 3.8) is 0 Å². The number of likely N-dealkylation sites (tertiary alicyclic amines) is 1. The highest BCUT2D eigenvalue weighted by Gasteiger charge is 2.28. The molecule has 1 saturated heterocycles. The Morgan fingerprint density at radius 2 is 1.88 bits per heavy atom. The maximum atomic E-state index is 13.4. The van der Waals surface area contributed by atoms with Gasteiger partial charge in [0, 0.05) is 12.4 Å². The number of nitrogens with zero attached hydrogens (tertiary/aromatic N) is 3. The third-order valence-corrected chi connectivity index (χ3v) is 4.67. The quantitative estimate of drug-likeness (QED) is 0.925. The van der Waals surface area contributed by atoms with Crippen molar-refractivity contribution in [2.75, 3.05) is 18.4 Å². The summed E-state index contributed by atoms with van der Waals surface area (Å²) in [5.41, 5.74) is 0.813. The lowest BCUT2D eigenvalue weighted by atomic mass is 9.89. The fourth-order valence-corrected chi connectivity index (χ4v) is 3.13. The fourth-order valence-electron chi connectivity index (χ4n) is 3.13. The lowest BCUT2D eigenvalue weighted by Crippen LogP contribution is -2.45. The number of hydrogen-bond donors (Lipinski definition) is 1. The van der Waals surface area contributed by atoms with Gasteiger partial charge in [-0.2, -0.15) is 0 Å². The minimum atomic E-state index is -0.824. The molecule has 0 saturated carbocycles. The molecule has 0 aliphatic carbocycles. The molecule has 1 fully saturated rings. The molecule has 132 valence electrons. The first kappa shape index (κ1) is 17.4. The summed E-state index contributed by atoms with van der Waals surface area (Å²) in [6.07, 6.45) is 4.73. The molecule has 0 radical (unpaired) electrons. The molecule has 0 spiro atoms. The lowest BCUT2D eigenvalue weighted by molar-refractivity contribution is -0.121. The Labute approximate surface area is 145 Å². The Morgan fingerprint density at radius 3 is 2.52 bits per heavy atom. The molecule has 1 aromatic heterocycles. The van der Waals surface area contributed by atoms with Gasteiger partial charge in [0.05, 0.1) is 6.04 Å². The van der Waals surface area contributed by atoms with Crippen molar-refractivity contribution in [3.05, 3.63) is 53.9 Å². The van der Waals surface area contributed by atoms with Crippen LogP contribution in [0.25, 0.3) is 0 Å². The average molecular weight is 346 g/mol. The molecule has 1 aromatic carbocycles. The first-order valence-electron chi connectivity index (χ1n) is 8.31. The molecule has 1 N–H and O–H groups in total. The van der Waals surface area contributed by atoms with Crippen LogP contribution in [0, 0.1) is 11.6 Å². The van der Waals surface area contributed by atoms with Crippen molar-refractivity contribution in [1.29, 1.82) is 0 Å².